The summed E-state index contributed by atoms with van der Waals surface area (Å²) in [5.74, 6) is 0.725. The van der Waals surface area contributed by atoms with Crippen LogP contribution in [0.2, 0.25) is 5.02 Å². The molecule has 0 aromatic heterocycles. The smallest absolute Gasteiger partial charge is 0.255 e. The molecule has 7 nitrogen and oxygen atoms in total. The molecule has 3 fully saturated rings. The van der Waals surface area contributed by atoms with Crippen LogP contribution in [0, 0.1) is 11.3 Å². The number of benzene rings is 3. The van der Waals surface area contributed by atoms with Crippen LogP contribution in [-0.4, -0.2) is 80.5 Å². The first-order chi connectivity index (χ1) is 20.6. The van der Waals surface area contributed by atoms with Crippen molar-refractivity contribution in [1.29, 1.82) is 0 Å². The van der Waals surface area contributed by atoms with Gasteiger partial charge in [-0.3, -0.25) is 9.59 Å². The molecule has 3 aliphatic rings. The van der Waals surface area contributed by atoms with E-state index in [1.807, 2.05) is 40.1 Å². The Morgan fingerprint density at radius 2 is 1.52 bits per heavy atom. The zero-order valence-corrected chi connectivity index (χ0v) is 27.3. The van der Waals surface area contributed by atoms with Crippen molar-refractivity contribution in [3.8, 4) is 0 Å². The fraction of sp³-hybridized carbons (Fsp3) is 0.412. The minimum absolute atomic E-state index is 0. The number of sulfone groups is 1. The van der Waals surface area contributed by atoms with Crippen LogP contribution >= 0.6 is 24.0 Å². The predicted molar refractivity (Wildman–Crippen MR) is 175 cm³/mol. The van der Waals surface area contributed by atoms with Gasteiger partial charge in [-0.25, -0.2) is 8.42 Å². The van der Waals surface area contributed by atoms with E-state index in [1.165, 1.54) is 11.8 Å². The number of carbonyl (C=O) groups is 2. The highest BCUT2D eigenvalue weighted by molar-refractivity contribution is 7.90. The monoisotopic (exact) mass is 655 g/mol. The molecule has 0 aliphatic carbocycles. The van der Waals surface area contributed by atoms with Crippen LogP contribution in [0.1, 0.15) is 46.7 Å². The molecular weight excluding hydrogens is 617 g/mol. The number of nitrogens with zero attached hydrogens (tertiary/aromatic N) is 3. The van der Waals surface area contributed by atoms with E-state index in [4.69, 9.17) is 11.6 Å². The van der Waals surface area contributed by atoms with Gasteiger partial charge < -0.3 is 14.7 Å². The number of piperidine rings is 1. The summed E-state index contributed by atoms with van der Waals surface area (Å²) in [5.41, 5.74) is 2.43. The molecular formula is C34H39Cl2N3O4S. The maximum Gasteiger partial charge on any atom is 0.255 e. The molecule has 0 radical (unpaired) electrons. The number of amides is 2. The third kappa shape index (κ3) is 6.69. The molecule has 6 rings (SSSR count). The molecule has 3 saturated heterocycles. The van der Waals surface area contributed by atoms with Gasteiger partial charge in [-0.2, -0.15) is 0 Å². The lowest BCUT2D eigenvalue weighted by Gasteiger charge is -2.39. The Morgan fingerprint density at radius 3 is 2.18 bits per heavy atom. The van der Waals surface area contributed by atoms with Crippen molar-refractivity contribution in [3.05, 3.63) is 101 Å². The first-order valence-electron chi connectivity index (χ1n) is 15.0. The summed E-state index contributed by atoms with van der Waals surface area (Å²) in [6.45, 7) is 5.17. The van der Waals surface area contributed by atoms with Gasteiger partial charge in [0.05, 0.1) is 20.9 Å². The van der Waals surface area contributed by atoms with Crippen LogP contribution in [0.25, 0.3) is 0 Å². The molecule has 2 amide bonds. The largest absolute Gasteiger partial charge is 0.338 e. The highest BCUT2D eigenvalue weighted by Gasteiger charge is 2.48. The molecule has 0 bridgehead atoms. The summed E-state index contributed by atoms with van der Waals surface area (Å²) in [6.07, 6.45) is 3.73. The summed E-state index contributed by atoms with van der Waals surface area (Å²) in [6, 6.07) is 24.6. The number of rotatable bonds is 7. The summed E-state index contributed by atoms with van der Waals surface area (Å²) in [4.78, 5) is 33.8. The maximum absolute atomic E-state index is 13.6. The number of hydrogen-bond donors (Lipinski definition) is 0. The fourth-order valence-corrected chi connectivity index (χ4v) is 8.02. The van der Waals surface area contributed by atoms with E-state index in [9.17, 15) is 18.0 Å². The van der Waals surface area contributed by atoms with Crippen molar-refractivity contribution < 1.29 is 18.0 Å². The van der Waals surface area contributed by atoms with Gasteiger partial charge in [0.25, 0.3) is 5.91 Å². The van der Waals surface area contributed by atoms with E-state index in [1.54, 1.807) is 24.3 Å². The van der Waals surface area contributed by atoms with E-state index in [0.29, 0.717) is 35.1 Å². The summed E-state index contributed by atoms with van der Waals surface area (Å²) < 4.78 is 23.6. The van der Waals surface area contributed by atoms with E-state index in [0.717, 1.165) is 51.0 Å². The number of halogens is 2. The third-order valence-electron chi connectivity index (χ3n) is 9.69. The second-order valence-electron chi connectivity index (χ2n) is 12.4. The minimum atomic E-state index is -3.25. The van der Waals surface area contributed by atoms with Crippen molar-refractivity contribution >= 4 is 45.7 Å². The molecule has 1 spiro atoms. The average molecular weight is 657 g/mol. The highest BCUT2D eigenvalue weighted by atomic mass is 35.5. The van der Waals surface area contributed by atoms with Gasteiger partial charge in [-0.05, 0) is 73.7 Å². The molecule has 10 heteroatoms. The predicted octanol–water partition coefficient (Wildman–Crippen LogP) is 5.54. The Bertz CT molecular complexity index is 1590. The fourth-order valence-electron chi connectivity index (χ4n) is 7.17. The van der Waals surface area contributed by atoms with Gasteiger partial charge >= 0.3 is 0 Å². The molecule has 0 N–H and O–H groups in total. The Hall–Kier alpha value is -2.91. The standard InChI is InChI=1S/C34H38ClN3O4S.ClH/c1-43(41,42)28-13-11-25(12-14-28)21-37-20-17-34(33(37)40)15-18-36(19-16-34)22-27-23-38(24-30(27)26-7-3-2-4-8-26)32(39)29-9-5-6-10-31(29)35;/h2-14,27,30H,15-24H2,1H3;1H/t27-,30+;/m0./s1. The number of hydrogen-bond acceptors (Lipinski definition) is 5. The van der Waals surface area contributed by atoms with Gasteiger partial charge in [0.15, 0.2) is 9.84 Å². The molecule has 44 heavy (non-hydrogen) atoms. The average Bonchev–Trinajstić information content (AvgIpc) is 3.56. The second-order valence-corrected chi connectivity index (χ2v) is 14.9. The molecule has 3 heterocycles. The lowest BCUT2D eigenvalue weighted by Crippen LogP contribution is -2.46. The first-order valence-corrected chi connectivity index (χ1v) is 17.3. The van der Waals surface area contributed by atoms with Crippen LogP contribution in [0.5, 0.6) is 0 Å². The SMILES string of the molecule is CS(=O)(=O)c1ccc(CN2CCC3(CCN(C[C@H]4CN(C(=O)c5ccccc5Cl)C[C@@H]4c4ccccc4)CC3)C2=O)cc1.Cl. The lowest BCUT2D eigenvalue weighted by atomic mass is 9.76. The Balaban J connectivity index is 0.00000384. The minimum Gasteiger partial charge on any atom is -0.338 e. The summed E-state index contributed by atoms with van der Waals surface area (Å²) in [5, 5.41) is 0.481. The normalized spacial score (nSPS) is 21.9. The van der Waals surface area contributed by atoms with Crippen molar-refractivity contribution in [2.75, 3.05) is 45.5 Å². The lowest BCUT2D eigenvalue weighted by molar-refractivity contribution is -0.139. The van der Waals surface area contributed by atoms with E-state index in [-0.39, 0.29) is 41.5 Å². The second kappa shape index (κ2) is 13.2. The van der Waals surface area contributed by atoms with Crippen LogP contribution in [0.3, 0.4) is 0 Å². The number of likely N-dealkylation sites (tertiary alicyclic amines) is 3. The first kappa shape index (κ1) is 32.5. The van der Waals surface area contributed by atoms with Gasteiger partial charge in [0.1, 0.15) is 0 Å². The molecule has 0 saturated carbocycles. The van der Waals surface area contributed by atoms with Crippen molar-refractivity contribution in [2.45, 2.75) is 36.6 Å². The molecule has 3 aromatic rings. The van der Waals surface area contributed by atoms with Crippen LogP contribution < -0.4 is 0 Å². The van der Waals surface area contributed by atoms with Crippen molar-refractivity contribution in [1.82, 2.24) is 14.7 Å². The van der Waals surface area contributed by atoms with Crippen molar-refractivity contribution in [3.63, 3.8) is 0 Å². The van der Waals surface area contributed by atoms with Crippen molar-refractivity contribution in [2.24, 2.45) is 11.3 Å². The van der Waals surface area contributed by atoms with Gasteiger partial charge in [0.2, 0.25) is 5.91 Å². The molecule has 3 aliphatic heterocycles. The van der Waals surface area contributed by atoms with Gasteiger partial charge in [0, 0.05) is 44.9 Å². The van der Waals surface area contributed by atoms with Gasteiger partial charge in [-0.15, -0.1) is 12.4 Å². The van der Waals surface area contributed by atoms with E-state index < -0.39 is 9.84 Å². The molecule has 3 aromatic carbocycles. The highest BCUT2D eigenvalue weighted by Crippen LogP contribution is 2.43. The summed E-state index contributed by atoms with van der Waals surface area (Å²) >= 11 is 6.38. The topological polar surface area (TPSA) is 78.0 Å². The van der Waals surface area contributed by atoms with Gasteiger partial charge in [-0.1, -0.05) is 66.2 Å². The molecule has 0 unspecified atom stereocenters. The maximum atomic E-state index is 13.6. The quantitative estimate of drug-likeness (QED) is 0.334. The zero-order chi connectivity index (χ0) is 30.2. The Kier molecular flexibility index (Phi) is 9.75. The molecule has 2 atom stereocenters. The zero-order valence-electron chi connectivity index (χ0n) is 24.9. The van der Waals surface area contributed by atoms with E-state index >= 15 is 0 Å². The van der Waals surface area contributed by atoms with Crippen LogP contribution in [0.4, 0.5) is 0 Å². The Labute approximate surface area is 271 Å². The van der Waals surface area contributed by atoms with Crippen LogP contribution in [0.15, 0.2) is 83.8 Å². The van der Waals surface area contributed by atoms with E-state index in [2.05, 4.69) is 29.2 Å². The number of carbonyl (C=O) groups excluding carboxylic acids is 2. The Morgan fingerprint density at radius 1 is 0.886 bits per heavy atom. The van der Waals surface area contributed by atoms with Crippen LogP contribution in [-0.2, 0) is 21.2 Å². The third-order valence-corrected chi connectivity index (χ3v) is 11.2. The molecule has 234 valence electrons. The summed E-state index contributed by atoms with van der Waals surface area (Å²) in [7, 11) is -3.25.